The van der Waals surface area contributed by atoms with Gasteiger partial charge in [0.05, 0.1) is 16.2 Å². The smallest absolute Gasteiger partial charge is 0.348 e. The summed E-state index contributed by atoms with van der Waals surface area (Å²) in [5.41, 5.74) is 0.170. The van der Waals surface area contributed by atoms with Crippen LogP contribution >= 0.6 is 18.9 Å². The second-order valence-corrected chi connectivity index (χ2v) is 12.2. The van der Waals surface area contributed by atoms with E-state index in [0.717, 1.165) is 37.0 Å². The third kappa shape index (κ3) is 5.16. The molecule has 0 spiro atoms. The van der Waals surface area contributed by atoms with E-state index >= 15 is 0 Å². The summed E-state index contributed by atoms with van der Waals surface area (Å²) in [7, 11) is -0.0523. The van der Waals surface area contributed by atoms with Crippen molar-refractivity contribution < 1.29 is 19.0 Å². The molecule has 1 N–H and O–H groups in total. The quantitative estimate of drug-likeness (QED) is 0.497. The number of carboxylic acids is 1. The molecular weight excluding hydrogens is 381 g/mol. The van der Waals surface area contributed by atoms with Gasteiger partial charge in [-0.1, -0.05) is 18.8 Å². The SMILES string of the molecule is COP(=O)(C1CCC(C)CC1)N(C)c1cc(C#CC(C)(C)C)sc1C(=O)O. The van der Waals surface area contributed by atoms with Crippen LogP contribution in [0.15, 0.2) is 6.07 Å². The van der Waals surface area contributed by atoms with Crippen molar-refractivity contribution >= 4 is 30.5 Å². The first-order chi connectivity index (χ1) is 12.5. The molecule has 1 fully saturated rings. The highest BCUT2D eigenvalue weighted by molar-refractivity contribution is 7.61. The van der Waals surface area contributed by atoms with Crippen LogP contribution < -0.4 is 4.67 Å². The Morgan fingerprint density at radius 3 is 2.41 bits per heavy atom. The van der Waals surface area contributed by atoms with E-state index in [-0.39, 0.29) is 16.0 Å². The Morgan fingerprint density at radius 1 is 1.33 bits per heavy atom. The van der Waals surface area contributed by atoms with E-state index in [9.17, 15) is 14.5 Å². The first-order valence-corrected chi connectivity index (χ1v) is 11.7. The Labute approximate surface area is 166 Å². The lowest BCUT2D eigenvalue weighted by molar-refractivity contribution is 0.0703. The van der Waals surface area contributed by atoms with Crippen LogP contribution in [0.5, 0.6) is 0 Å². The van der Waals surface area contributed by atoms with Crippen molar-refractivity contribution in [1.82, 2.24) is 0 Å². The van der Waals surface area contributed by atoms with E-state index in [1.165, 1.54) is 7.11 Å². The van der Waals surface area contributed by atoms with Crippen LogP contribution in [-0.4, -0.2) is 30.9 Å². The number of carbonyl (C=O) groups is 1. The lowest BCUT2D eigenvalue weighted by Crippen LogP contribution is -2.27. The zero-order valence-corrected chi connectivity index (χ0v) is 18.7. The average Bonchev–Trinajstić information content (AvgIpc) is 3.03. The number of thiophene rings is 1. The molecule has 0 aliphatic heterocycles. The molecule has 150 valence electrons. The summed E-state index contributed by atoms with van der Waals surface area (Å²) in [6.07, 6.45) is 3.70. The molecule has 1 aromatic rings. The van der Waals surface area contributed by atoms with Crippen molar-refractivity contribution in [2.24, 2.45) is 11.3 Å². The molecule has 2 rings (SSSR count). The van der Waals surface area contributed by atoms with Crippen LogP contribution in [0.25, 0.3) is 0 Å². The summed E-state index contributed by atoms with van der Waals surface area (Å²) >= 11 is 1.12. The maximum absolute atomic E-state index is 13.7. The molecule has 0 radical (unpaired) electrons. The molecule has 1 heterocycles. The van der Waals surface area contributed by atoms with Crippen LogP contribution in [0.2, 0.25) is 0 Å². The molecule has 0 saturated heterocycles. The van der Waals surface area contributed by atoms with Gasteiger partial charge < -0.3 is 14.3 Å². The zero-order chi connectivity index (χ0) is 20.4. The molecule has 0 aromatic carbocycles. The number of hydrogen-bond donors (Lipinski definition) is 1. The predicted octanol–water partition coefficient (Wildman–Crippen LogP) is 5.70. The normalized spacial score (nSPS) is 22.4. The molecule has 5 nitrogen and oxygen atoms in total. The number of hydrogen-bond acceptors (Lipinski definition) is 4. The van der Waals surface area contributed by atoms with E-state index in [0.29, 0.717) is 16.5 Å². The first kappa shape index (κ1) is 22.0. The van der Waals surface area contributed by atoms with Crippen molar-refractivity contribution in [3.8, 4) is 11.8 Å². The first-order valence-electron chi connectivity index (χ1n) is 9.28. The van der Waals surface area contributed by atoms with E-state index in [2.05, 4.69) is 18.8 Å². The van der Waals surface area contributed by atoms with Crippen molar-refractivity contribution in [1.29, 1.82) is 0 Å². The summed E-state index contributed by atoms with van der Waals surface area (Å²) < 4.78 is 20.8. The fourth-order valence-electron chi connectivity index (χ4n) is 3.32. The summed E-state index contributed by atoms with van der Waals surface area (Å²) in [4.78, 5) is 12.6. The van der Waals surface area contributed by atoms with Crippen LogP contribution in [0.3, 0.4) is 0 Å². The van der Waals surface area contributed by atoms with Gasteiger partial charge in [-0.25, -0.2) is 4.79 Å². The van der Waals surface area contributed by atoms with Crippen molar-refractivity contribution in [2.75, 3.05) is 18.8 Å². The molecule has 1 aromatic heterocycles. The summed E-state index contributed by atoms with van der Waals surface area (Å²) in [6, 6.07) is 1.73. The molecule has 7 heteroatoms. The Balaban J connectivity index is 2.41. The van der Waals surface area contributed by atoms with E-state index in [1.54, 1.807) is 17.8 Å². The van der Waals surface area contributed by atoms with Gasteiger partial charge in [0.25, 0.3) is 7.52 Å². The molecule has 1 saturated carbocycles. The maximum Gasteiger partial charge on any atom is 0.348 e. The second kappa shape index (κ2) is 8.39. The van der Waals surface area contributed by atoms with Crippen molar-refractivity contribution in [2.45, 2.75) is 59.0 Å². The lowest BCUT2D eigenvalue weighted by Gasteiger charge is -2.37. The van der Waals surface area contributed by atoms with Gasteiger partial charge in [-0.05, 0) is 58.4 Å². The third-order valence-electron chi connectivity index (χ3n) is 4.94. The van der Waals surface area contributed by atoms with Gasteiger partial charge >= 0.3 is 5.97 Å². The second-order valence-electron chi connectivity index (χ2n) is 8.31. The highest BCUT2D eigenvalue weighted by Crippen LogP contribution is 2.60. The number of nitrogens with zero attached hydrogens (tertiary/aromatic N) is 1. The highest BCUT2D eigenvalue weighted by atomic mass is 32.1. The minimum absolute atomic E-state index is 0.0747. The number of aromatic carboxylic acids is 1. The molecule has 1 aliphatic rings. The predicted molar refractivity (Wildman–Crippen MR) is 112 cm³/mol. The molecule has 0 bridgehead atoms. The van der Waals surface area contributed by atoms with Crippen LogP contribution in [0, 0.1) is 23.2 Å². The van der Waals surface area contributed by atoms with E-state index in [1.807, 2.05) is 20.8 Å². The van der Waals surface area contributed by atoms with Crippen LogP contribution in [0.4, 0.5) is 5.69 Å². The van der Waals surface area contributed by atoms with Gasteiger partial charge in [0.15, 0.2) is 0 Å². The van der Waals surface area contributed by atoms with Crippen LogP contribution in [0.1, 0.15) is 67.9 Å². The molecule has 1 atom stereocenters. The molecule has 27 heavy (non-hydrogen) atoms. The Morgan fingerprint density at radius 2 is 1.93 bits per heavy atom. The van der Waals surface area contributed by atoms with Gasteiger partial charge in [-0.3, -0.25) is 4.57 Å². The average molecular weight is 412 g/mol. The van der Waals surface area contributed by atoms with Gasteiger partial charge in [-0.15, -0.1) is 11.3 Å². The van der Waals surface area contributed by atoms with Gasteiger partial charge in [0, 0.05) is 19.6 Å². The fraction of sp³-hybridized carbons (Fsp3) is 0.650. The Bertz CT molecular complexity index is 791. The van der Waals surface area contributed by atoms with E-state index in [4.69, 9.17) is 4.52 Å². The van der Waals surface area contributed by atoms with Gasteiger partial charge in [0.2, 0.25) is 0 Å². The van der Waals surface area contributed by atoms with Crippen molar-refractivity contribution in [3.63, 3.8) is 0 Å². The topological polar surface area (TPSA) is 66.8 Å². The molecular formula is C20H30NO4PS. The fourth-order valence-corrected chi connectivity index (χ4v) is 6.71. The Hall–Kier alpha value is -1.28. The summed E-state index contributed by atoms with van der Waals surface area (Å²) in [5.74, 6) is 5.78. The van der Waals surface area contributed by atoms with E-state index < -0.39 is 13.5 Å². The zero-order valence-electron chi connectivity index (χ0n) is 17.0. The largest absolute Gasteiger partial charge is 0.477 e. The molecule has 0 amide bonds. The van der Waals surface area contributed by atoms with Crippen LogP contribution in [-0.2, 0) is 9.09 Å². The third-order valence-corrected chi connectivity index (χ3v) is 8.98. The molecule has 1 unspecified atom stereocenters. The van der Waals surface area contributed by atoms with Gasteiger partial charge in [0.1, 0.15) is 4.88 Å². The van der Waals surface area contributed by atoms with Crippen molar-refractivity contribution in [3.05, 3.63) is 15.8 Å². The number of carboxylic acid groups (broad SMARTS) is 1. The van der Waals surface area contributed by atoms with Gasteiger partial charge in [-0.2, -0.15) is 0 Å². The monoisotopic (exact) mass is 411 g/mol. The standard InChI is InChI=1S/C20H30NO4PS/c1-14-7-9-15(10-8-14)26(24,25-6)21(5)17-13-16(11-12-20(2,3)4)27-18(17)19(22)23/h13-15H,7-10H2,1-6H3,(H,22,23). The lowest BCUT2D eigenvalue weighted by atomic mass is 9.91. The summed E-state index contributed by atoms with van der Waals surface area (Å²) in [6.45, 7) is 8.21. The summed E-state index contributed by atoms with van der Waals surface area (Å²) in [5, 5.41) is 9.64. The molecule has 1 aliphatic carbocycles. The minimum atomic E-state index is -3.19. The number of rotatable bonds is 5. The Kier molecular flexibility index (Phi) is 6.84. The maximum atomic E-state index is 13.7. The highest BCUT2D eigenvalue weighted by Gasteiger charge is 2.41. The number of anilines is 1. The minimum Gasteiger partial charge on any atom is -0.477 e.